The maximum atomic E-state index is 11.7. The van der Waals surface area contributed by atoms with E-state index in [1.807, 2.05) is 113 Å². The number of rotatable bonds is 20. The van der Waals surface area contributed by atoms with Crippen molar-refractivity contribution in [2.24, 2.45) is 23.7 Å². The number of aryl methyl sites for hydroxylation is 8. The monoisotopic (exact) mass is 1820 g/mol. The van der Waals surface area contributed by atoms with Crippen LogP contribution in [-0.4, -0.2) is 73.8 Å². The van der Waals surface area contributed by atoms with Gasteiger partial charge in [-0.2, -0.15) is 0 Å². The molecule has 0 saturated heterocycles. The van der Waals surface area contributed by atoms with E-state index in [1.54, 1.807) is 0 Å². The summed E-state index contributed by atoms with van der Waals surface area (Å²) in [6.07, 6.45) is 33.7. The number of aliphatic hydroxyl groups is 2. The van der Waals surface area contributed by atoms with Gasteiger partial charge in [-0.3, -0.25) is 0 Å². The Morgan fingerprint density at radius 2 is 0.709 bits per heavy atom. The molecule has 2 unspecified atom stereocenters. The number of aromatic hydroxyl groups is 7. The number of benzene rings is 8. The van der Waals surface area contributed by atoms with Crippen molar-refractivity contribution >= 4 is 17.1 Å². The van der Waals surface area contributed by atoms with Crippen LogP contribution in [0.15, 0.2) is 175 Å². The van der Waals surface area contributed by atoms with Gasteiger partial charge < -0.3 is 65.3 Å². The number of hydrogen-bond donors (Lipinski definition) is 10. The Labute approximate surface area is 800 Å². The molecule has 0 radical (unpaired) electrons. The second-order valence-corrected chi connectivity index (χ2v) is 41.7. The molecule has 0 bridgehead atoms. The van der Waals surface area contributed by atoms with Gasteiger partial charge in [-0.1, -0.05) is 224 Å². The molecule has 10 N–H and O–H groups in total. The van der Waals surface area contributed by atoms with Crippen molar-refractivity contribution in [3.63, 3.8) is 0 Å². The normalized spacial score (nSPS) is 21.7. The highest BCUT2D eigenvalue weighted by Crippen LogP contribution is 2.59. The van der Waals surface area contributed by atoms with E-state index in [-0.39, 0.29) is 75.0 Å². The van der Waals surface area contributed by atoms with Crippen LogP contribution in [0, 0.1) is 37.5 Å². The fourth-order valence-corrected chi connectivity index (χ4v) is 22.6. The lowest BCUT2D eigenvalue weighted by Gasteiger charge is -2.46. The number of unbranched alkanes of at least 4 members (excludes halogenated alkanes) is 5. The van der Waals surface area contributed by atoms with Crippen LogP contribution in [0.3, 0.4) is 0 Å². The molecule has 17 rings (SSSR count). The molecule has 0 aromatic heterocycles. The largest absolute Gasteiger partial charge is 0.507 e. The molecular formula is C120H154O14. The molecule has 134 heavy (non-hydrogen) atoms. The second kappa shape index (κ2) is 43.6. The minimum Gasteiger partial charge on any atom is -0.507 e. The van der Waals surface area contributed by atoms with Crippen molar-refractivity contribution in [2.75, 3.05) is 0 Å². The van der Waals surface area contributed by atoms with E-state index in [4.69, 9.17) is 14.2 Å². The summed E-state index contributed by atoms with van der Waals surface area (Å²) in [6.45, 7) is 52.7. The second-order valence-electron chi connectivity index (χ2n) is 41.7. The van der Waals surface area contributed by atoms with Crippen LogP contribution < -0.4 is 14.2 Å². The van der Waals surface area contributed by atoms with E-state index in [1.165, 1.54) is 77.2 Å². The maximum absolute atomic E-state index is 11.7. The van der Waals surface area contributed by atoms with Gasteiger partial charge in [0.05, 0.1) is 0 Å². The average molecular weight is 1820 g/mol. The molecule has 8 aromatic carbocycles. The molecule has 0 spiro atoms. The van der Waals surface area contributed by atoms with Crippen LogP contribution in [-0.2, 0) is 38.5 Å². The number of ether oxygens (including phenoxy) is 3. The number of carbonyl (C=O) groups is 1. The van der Waals surface area contributed by atoms with E-state index in [0.29, 0.717) is 63.7 Å². The molecule has 10 atom stereocenters. The van der Waals surface area contributed by atoms with Crippen LogP contribution in [0.4, 0.5) is 0 Å². The smallest absolute Gasteiger partial charge is 0.339 e. The highest BCUT2D eigenvalue weighted by atomic mass is 16.5. The van der Waals surface area contributed by atoms with Crippen LogP contribution in [0.1, 0.15) is 375 Å². The zero-order chi connectivity index (χ0) is 97.4. The lowest BCUT2D eigenvalue weighted by molar-refractivity contribution is 0.0104. The predicted molar refractivity (Wildman–Crippen MR) is 548 cm³/mol. The number of phenolic OH excluding ortho intramolecular Hbond substituents is 6. The van der Waals surface area contributed by atoms with Gasteiger partial charge in [0.1, 0.15) is 92.1 Å². The van der Waals surface area contributed by atoms with E-state index in [2.05, 4.69) is 159 Å². The fraction of sp³-hybridized carbons (Fsp3) is 0.475. The van der Waals surface area contributed by atoms with Crippen molar-refractivity contribution in [1.82, 2.24) is 0 Å². The van der Waals surface area contributed by atoms with Crippen molar-refractivity contribution in [2.45, 2.75) is 345 Å². The number of carboxylic acid groups (broad SMARTS) is 1. The Morgan fingerprint density at radius 3 is 1.07 bits per heavy atom. The Hall–Kier alpha value is -10.7. The predicted octanol–water partition coefficient (Wildman–Crippen LogP) is 30.3. The van der Waals surface area contributed by atoms with Crippen LogP contribution in [0.2, 0.25) is 0 Å². The quantitative estimate of drug-likeness (QED) is 0.0252. The maximum Gasteiger partial charge on any atom is 0.339 e. The summed E-state index contributed by atoms with van der Waals surface area (Å²) in [5, 5.41) is 105. The highest BCUT2D eigenvalue weighted by Gasteiger charge is 2.49. The molecule has 3 heterocycles. The minimum atomic E-state index is -1.17. The van der Waals surface area contributed by atoms with Crippen LogP contribution >= 0.6 is 0 Å². The summed E-state index contributed by atoms with van der Waals surface area (Å²) in [4.78, 5) is 11.7. The fourth-order valence-electron chi connectivity index (χ4n) is 22.6. The first-order valence-corrected chi connectivity index (χ1v) is 50.1. The summed E-state index contributed by atoms with van der Waals surface area (Å²) in [5.74, 6) is 4.90. The van der Waals surface area contributed by atoms with Crippen LogP contribution in [0.5, 0.6) is 57.5 Å². The molecule has 718 valence electrons. The first-order chi connectivity index (χ1) is 63.6. The van der Waals surface area contributed by atoms with Gasteiger partial charge in [-0.05, 0) is 338 Å². The van der Waals surface area contributed by atoms with Gasteiger partial charge in [-0.25, -0.2) is 4.79 Å². The van der Waals surface area contributed by atoms with E-state index < -0.39 is 18.2 Å². The standard InChI is InChI=1S/C21H30O2.C21H24O2.C20H26O4.C20H28O2.C19H26O2.C19H20O2/c1-5-6-7-8-15-12-18(22)20-16-11-14(2)9-10-17(16)21(3,4)23-19(20)13-15;1-4-5-6-7-15-11-18-20(19(22)12-15)17-10-13(2)8-9-16(17)14(3)21(18)23;1-5-6-13-10-16(21)18(19(22)17(13)20(23)24)15-9-12(4)7-8-14(15)11(2)3;1-5-6-7-14-11-17(21)19-15-10-13(2)8-9-16(15)20(3,4)22-18(19)12-14;1-5-6-13-10-16(20)18-14-9-12(2)7-8-15(14)19(3,4)21-17(18)11-13;1-4-5-13-9-16-18(17(20)10-13)15-8-11(2)6-7-14(15)12(3)19(16)21/h11-13,16-17,22H,5-10H2,1-4H3;8-12,21-23H,3-7H2,1-2H3;9-10,14-15,21-22H,2,5-8H2,1,3-4H3,(H,23,24);10-12,15-16,21H,5-9H2,1-4H3;9-11,14-15,20H,5-8H2,1-4H3;6-10,19-21H,3-5H2,1-2H3/t16-,17-;;14-,15+;15-,16-;14-,15-;/m1.011./s1. The summed E-state index contributed by atoms with van der Waals surface area (Å²) < 4.78 is 19.0. The average Bonchev–Trinajstić information content (AvgIpc) is 0.773. The molecule has 14 heteroatoms. The SMILES string of the molecule is C=C(C)[C@@H]1CCC(C)=C[C@H]1c1c(O)cc(CCC)c(C(=O)O)c1O.C=C1c2ccc(C)cc2-c2c(O)cc(CCC)cc2C1O.C=C1c2ccc(C)cc2-c2c(O)cc(CCCCC)cc2C1O.CCCCCc1cc(O)c2c(c1)OC(C)(C)[C@@H]1CCC(C)=C[C@@H]21.CCCCc1cc(O)c2c(c1)OC(C)(C)[C@@H]1CCC(C)=C[C@@H]21.CCCc1cc(O)c2c(c1)OC(C)(C)[C@@H]1CCC(C)=C[C@@H]21. The molecular weight excluding hydrogens is 1670 g/mol. The number of aromatic carboxylic acids is 1. The third-order valence-corrected chi connectivity index (χ3v) is 29.7. The molecule has 14 nitrogen and oxygen atoms in total. The van der Waals surface area contributed by atoms with Crippen molar-refractivity contribution in [3.05, 3.63) is 270 Å². The minimum absolute atomic E-state index is 0.0387. The van der Waals surface area contributed by atoms with Crippen molar-refractivity contribution in [1.29, 1.82) is 0 Å². The molecule has 9 aliphatic rings. The third-order valence-electron chi connectivity index (χ3n) is 29.7. The van der Waals surface area contributed by atoms with E-state index in [0.717, 1.165) is 228 Å². The van der Waals surface area contributed by atoms with Gasteiger partial charge in [0.15, 0.2) is 0 Å². The first kappa shape index (κ1) is 102. The Kier molecular flexibility index (Phi) is 33.2. The number of phenols is 7. The number of fused-ring (bicyclic) bond motifs is 15. The number of allylic oxidation sites excluding steroid dienone is 9. The van der Waals surface area contributed by atoms with E-state index >= 15 is 0 Å². The molecule has 3 aliphatic heterocycles. The summed E-state index contributed by atoms with van der Waals surface area (Å²) >= 11 is 0. The topological polar surface area (TPSA) is 247 Å². The lowest BCUT2D eigenvalue weighted by Crippen LogP contribution is -2.45. The Bertz CT molecular complexity index is 5790. The third kappa shape index (κ3) is 22.5. The van der Waals surface area contributed by atoms with Crippen molar-refractivity contribution in [3.8, 4) is 79.7 Å². The Morgan fingerprint density at radius 1 is 0.381 bits per heavy atom. The highest BCUT2D eigenvalue weighted by molar-refractivity contribution is 5.95. The van der Waals surface area contributed by atoms with E-state index in [9.17, 15) is 55.9 Å². The number of aliphatic hydroxyl groups excluding tert-OH is 2. The molecule has 0 fully saturated rings. The van der Waals surface area contributed by atoms with Crippen LogP contribution in [0.25, 0.3) is 33.4 Å². The van der Waals surface area contributed by atoms with Crippen molar-refractivity contribution < 1.29 is 70.1 Å². The van der Waals surface area contributed by atoms with Gasteiger partial charge >= 0.3 is 5.97 Å². The van der Waals surface area contributed by atoms with Gasteiger partial charge in [0.2, 0.25) is 0 Å². The molecule has 0 saturated carbocycles. The molecule has 0 amide bonds. The summed E-state index contributed by atoms with van der Waals surface area (Å²) in [5.41, 5.74) is 25.7. The van der Waals surface area contributed by atoms with Gasteiger partial charge in [-0.15, -0.1) is 0 Å². The first-order valence-electron chi connectivity index (χ1n) is 50.1. The summed E-state index contributed by atoms with van der Waals surface area (Å²) in [7, 11) is 0. The zero-order valence-corrected chi connectivity index (χ0v) is 83.8. The summed E-state index contributed by atoms with van der Waals surface area (Å²) in [6, 6.07) is 33.6. The zero-order valence-electron chi connectivity index (χ0n) is 83.8. The number of hydrogen-bond acceptors (Lipinski definition) is 13. The molecule has 6 aliphatic carbocycles. The van der Waals surface area contributed by atoms with Gasteiger partial charge in [0, 0.05) is 74.8 Å². The van der Waals surface area contributed by atoms with Gasteiger partial charge in [0.25, 0.3) is 0 Å². The lowest BCUT2D eigenvalue weighted by atomic mass is 9.68. The Balaban J connectivity index is 0.000000145. The number of carboxylic acids is 1. The molecule has 8 aromatic rings.